The lowest BCUT2D eigenvalue weighted by Gasteiger charge is -2.43. The maximum absolute atomic E-state index is 14.4. The van der Waals surface area contributed by atoms with Gasteiger partial charge in [0.1, 0.15) is 0 Å². The molecular formula is C19H31FN2O2. The van der Waals surface area contributed by atoms with Crippen molar-refractivity contribution in [3.63, 3.8) is 0 Å². The summed E-state index contributed by atoms with van der Waals surface area (Å²) in [6, 6.07) is 0.525. The van der Waals surface area contributed by atoms with Gasteiger partial charge in [-0.2, -0.15) is 0 Å². The number of hydrogen-bond acceptors (Lipinski definition) is 3. The third-order valence-corrected chi connectivity index (χ3v) is 6.91. The van der Waals surface area contributed by atoms with Gasteiger partial charge in [0.2, 0.25) is 0 Å². The minimum absolute atomic E-state index is 0.232. The molecule has 2 saturated heterocycles. The SMILES string of the molecule is COC[C@@H]1CC2(CCN(C(=O)C3(F)CCC3)CC2)CN1CC1CC1. The molecule has 4 rings (SSSR count). The van der Waals surface area contributed by atoms with Crippen LogP contribution in [0.4, 0.5) is 4.39 Å². The minimum Gasteiger partial charge on any atom is -0.383 e. The summed E-state index contributed by atoms with van der Waals surface area (Å²) in [5.74, 6) is 0.663. The Morgan fingerprint density at radius 1 is 1.21 bits per heavy atom. The lowest BCUT2D eigenvalue weighted by Crippen LogP contribution is -2.54. The van der Waals surface area contributed by atoms with Gasteiger partial charge in [-0.1, -0.05) is 0 Å². The van der Waals surface area contributed by atoms with E-state index < -0.39 is 5.67 Å². The first-order valence-corrected chi connectivity index (χ1v) is 9.75. The molecule has 0 aromatic carbocycles. The summed E-state index contributed by atoms with van der Waals surface area (Å²) >= 11 is 0. The van der Waals surface area contributed by atoms with E-state index in [4.69, 9.17) is 4.74 Å². The Kier molecular flexibility index (Phi) is 4.36. The molecule has 2 saturated carbocycles. The van der Waals surface area contributed by atoms with Crippen molar-refractivity contribution in [2.24, 2.45) is 11.3 Å². The fourth-order valence-corrected chi connectivity index (χ4v) is 4.99. The number of hydrogen-bond donors (Lipinski definition) is 0. The molecule has 0 N–H and O–H groups in total. The number of ether oxygens (including phenoxy) is 1. The lowest BCUT2D eigenvalue weighted by atomic mass is 9.75. The van der Waals surface area contributed by atoms with E-state index in [2.05, 4.69) is 4.90 Å². The Hall–Kier alpha value is -0.680. The zero-order valence-electron chi connectivity index (χ0n) is 14.9. The van der Waals surface area contributed by atoms with Gasteiger partial charge in [-0.05, 0) is 62.7 Å². The first-order chi connectivity index (χ1) is 11.5. The monoisotopic (exact) mass is 338 g/mol. The predicted octanol–water partition coefficient (Wildman–Crippen LogP) is 2.62. The zero-order chi connectivity index (χ0) is 16.8. The van der Waals surface area contributed by atoms with Crippen LogP contribution in [-0.4, -0.2) is 67.3 Å². The summed E-state index contributed by atoms with van der Waals surface area (Å²) in [5, 5.41) is 0. The molecule has 0 bridgehead atoms. The van der Waals surface area contributed by atoms with Crippen LogP contribution in [0.1, 0.15) is 51.4 Å². The summed E-state index contributed by atoms with van der Waals surface area (Å²) < 4.78 is 19.9. The summed E-state index contributed by atoms with van der Waals surface area (Å²) in [5.41, 5.74) is -1.21. The molecule has 5 heteroatoms. The van der Waals surface area contributed by atoms with Crippen molar-refractivity contribution in [2.75, 3.05) is 39.9 Å². The van der Waals surface area contributed by atoms with Crippen LogP contribution >= 0.6 is 0 Å². The predicted molar refractivity (Wildman–Crippen MR) is 90.5 cm³/mol. The molecule has 1 amide bonds. The molecule has 0 radical (unpaired) electrons. The maximum Gasteiger partial charge on any atom is 0.260 e. The van der Waals surface area contributed by atoms with Crippen LogP contribution in [0, 0.1) is 11.3 Å². The average molecular weight is 338 g/mol. The van der Waals surface area contributed by atoms with Crippen molar-refractivity contribution in [1.29, 1.82) is 0 Å². The van der Waals surface area contributed by atoms with Gasteiger partial charge in [0.15, 0.2) is 5.67 Å². The normalized spacial score (nSPS) is 32.1. The number of carbonyl (C=O) groups is 1. The van der Waals surface area contributed by atoms with Gasteiger partial charge in [0.25, 0.3) is 5.91 Å². The first kappa shape index (κ1) is 16.8. The fraction of sp³-hybridized carbons (Fsp3) is 0.947. The number of likely N-dealkylation sites (tertiary alicyclic amines) is 2. The smallest absolute Gasteiger partial charge is 0.260 e. The molecule has 0 aromatic heterocycles. The standard InChI is InChI=1S/C19H31FN2O2/c1-24-13-16-11-18(14-22(16)12-15-3-4-15)7-9-21(10-8-18)17(23)19(20)5-2-6-19/h15-16H,2-14H2,1H3/t16-/m0/s1. The van der Waals surface area contributed by atoms with E-state index in [-0.39, 0.29) is 5.91 Å². The van der Waals surface area contributed by atoms with Crippen LogP contribution in [0.2, 0.25) is 0 Å². The van der Waals surface area contributed by atoms with Gasteiger partial charge in [-0.25, -0.2) is 4.39 Å². The van der Waals surface area contributed by atoms with Crippen LogP contribution in [0.3, 0.4) is 0 Å². The molecule has 2 heterocycles. The van der Waals surface area contributed by atoms with E-state index in [1.54, 1.807) is 12.0 Å². The molecular weight excluding hydrogens is 307 g/mol. The largest absolute Gasteiger partial charge is 0.383 e. The summed E-state index contributed by atoms with van der Waals surface area (Å²) in [6.45, 7) is 4.64. The van der Waals surface area contributed by atoms with E-state index in [1.165, 1.54) is 25.8 Å². The van der Waals surface area contributed by atoms with Gasteiger partial charge in [-0.3, -0.25) is 9.69 Å². The van der Waals surface area contributed by atoms with E-state index in [1.807, 2.05) is 0 Å². The lowest BCUT2D eigenvalue weighted by molar-refractivity contribution is -0.152. The fourth-order valence-electron chi connectivity index (χ4n) is 4.99. The number of nitrogens with zero attached hydrogens (tertiary/aromatic N) is 2. The van der Waals surface area contributed by atoms with Gasteiger partial charge in [-0.15, -0.1) is 0 Å². The Morgan fingerprint density at radius 2 is 1.92 bits per heavy atom. The molecule has 136 valence electrons. The van der Waals surface area contributed by atoms with Crippen LogP contribution in [0.25, 0.3) is 0 Å². The first-order valence-electron chi connectivity index (χ1n) is 9.75. The average Bonchev–Trinajstić information content (AvgIpc) is 3.30. The molecule has 4 aliphatic rings. The number of rotatable bonds is 5. The Balaban J connectivity index is 1.36. The zero-order valence-corrected chi connectivity index (χ0v) is 14.9. The molecule has 0 aromatic rings. The number of carbonyl (C=O) groups excluding carboxylic acids is 1. The van der Waals surface area contributed by atoms with Crippen molar-refractivity contribution >= 4 is 5.91 Å². The van der Waals surface area contributed by atoms with Crippen molar-refractivity contribution in [3.8, 4) is 0 Å². The molecule has 4 fully saturated rings. The van der Waals surface area contributed by atoms with Gasteiger partial charge < -0.3 is 9.64 Å². The molecule has 1 spiro atoms. The van der Waals surface area contributed by atoms with Crippen LogP contribution in [0.5, 0.6) is 0 Å². The van der Waals surface area contributed by atoms with E-state index in [9.17, 15) is 9.18 Å². The molecule has 2 aliphatic heterocycles. The molecule has 24 heavy (non-hydrogen) atoms. The van der Waals surface area contributed by atoms with Crippen LogP contribution in [0.15, 0.2) is 0 Å². The summed E-state index contributed by atoms with van der Waals surface area (Å²) in [7, 11) is 1.79. The van der Waals surface area contributed by atoms with Gasteiger partial charge in [0.05, 0.1) is 6.61 Å². The number of amides is 1. The Labute approximate surface area is 144 Å². The highest BCUT2D eigenvalue weighted by atomic mass is 19.1. The van der Waals surface area contributed by atoms with Crippen molar-refractivity contribution in [3.05, 3.63) is 0 Å². The van der Waals surface area contributed by atoms with Crippen molar-refractivity contribution < 1.29 is 13.9 Å². The van der Waals surface area contributed by atoms with E-state index in [0.29, 0.717) is 24.3 Å². The molecule has 2 aliphatic carbocycles. The second-order valence-corrected chi connectivity index (χ2v) is 8.80. The number of methoxy groups -OCH3 is 1. The molecule has 0 unspecified atom stereocenters. The summed E-state index contributed by atoms with van der Waals surface area (Å²) in [4.78, 5) is 16.9. The third-order valence-electron chi connectivity index (χ3n) is 6.91. The number of alkyl halides is 1. The highest BCUT2D eigenvalue weighted by Crippen LogP contribution is 2.46. The maximum atomic E-state index is 14.4. The van der Waals surface area contributed by atoms with Crippen molar-refractivity contribution in [2.45, 2.75) is 63.1 Å². The van der Waals surface area contributed by atoms with Gasteiger partial charge >= 0.3 is 0 Å². The number of piperidine rings is 1. The number of halogens is 1. The van der Waals surface area contributed by atoms with Crippen LogP contribution < -0.4 is 0 Å². The minimum atomic E-state index is -1.53. The van der Waals surface area contributed by atoms with Crippen LogP contribution in [-0.2, 0) is 9.53 Å². The van der Waals surface area contributed by atoms with Gasteiger partial charge in [0, 0.05) is 39.3 Å². The highest BCUT2D eigenvalue weighted by Gasteiger charge is 2.51. The second kappa shape index (κ2) is 6.24. The quantitative estimate of drug-likeness (QED) is 0.772. The topological polar surface area (TPSA) is 32.8 Å². The Bertz CT molecular complexity index is 482. The van der Waals surface area contributed by atoms with E-state index >= 15 is 0 Å². The molecule has 1 atom stereocenters. The highest BCUT2D eigenvalue weighted by molar-refractivity contribution is 5.86. The second-order valence-electron chi connectivity index (χ2n) is 8.80. The van der Waals surface area contributed by atoms with E-state index in [0.717, 1.165) is 51.4 Å². The Morgan fingerprint density at radius 3 is 2.46 bits per heavy atom. The molecule has 4 nitrogen and oxygen atoms in total. The van der Waals surface area contributed by atoms with Crippen molar-refractivity contribution in [1.82, 2.24) is 9.80 Å². The third kappa shape index (κ3) is 3.10. The summed E-state index contributed by atoms with van der Waals surface area (Å²) in [6.07, 6.45) is 7.70.